The molecule has 0 atom stereocenters. The van der Waals surface area contributed by atoms with E-state index in [1.165, 1.54) is 25.7 Å². The number of nitrogens with one attached hydrogen (secondary N) is 2. The molecule has 190 valence electrons. The minimum absolute atomic E-state index is 0.321. The van der Waals surface area contributed by atoms with Crippen LogP contribution in [-0.4, -0.2) is 29.9 Å². The Morgan fingerprint density at radius 3 is 1.03 bits per heavy atom. The Kier molecular flexibility index (Phi) is 12.2. The quantitative estimate of drug-likeness (QED) is 0.278. The van der Waals surface area contributed by atoms with Gasteiger partial charge in [-0.05, 0) is 51.0 Å². The first-order chi connectivity index (χ1) is 16.2. The lowest BCUT2D eigenvalue weighted by Crippen LogP contribution is -2.24. The van der Waals surface area contributed by atoms with Crippen molar-refractivity contribution >= 4 is 20.0 Å². The van der Waals surface area contributed by atoms with Crippen LogP contribution >= 0.6 is 0 Å². The Morgan fingerprint density at radius 2 is 0.735 bits per heavy atom. The van der Waals surface area contributed by atoms with E-state index in [4.69, 9.17) is 0 Å². The summed E-state index contributed by atoms with van der Waals surface area (Å²) in [5.74, 6) is 0. The van der Waals surface area contributed by atoms with Crippen molar-refractivity contribution in [1.82, 2.24) is 9.44 Å². The SMILES string of the molecule is Cc1ccc(S(=O)(=O)NCCCCCCCCCCCCNS(=O)(=O)c2ccc(C)cc2)cc1. The molecule has 2 aromatic carbocycles. The van der Waals surface area contributed by atoms with E-state index in [9.17, 15) is 16.8 Å². The Morgan fingerprint density at radius 1 is 0.471 bits per heavy atom. The Labute approximate surface area is 206 Å². The monoisotopic (exact) mass is 508 g/mol. The maximum absolute atomic E-state index is 12.2. The van der Waals surface area contributed by atoms with Gasteiger partial charge in [-0.1, -0.05) is 86.8 Å². The Balaban J connectivity index is 1.41. The fourth-order valence-electron chi connectivity index (χ4n) is 3.68. The third-order valence-corrected chi connectivity index (χ3v) is 8.80. The van der Waals surface area contributed by atoms with E-state index in [2.05, 4.69) is 9.44 Å². The molecule has 0 aliphatic carbocycles. The van der Waals surface area contributed by atoms with Crippen LogP contribution in [0.3, 0.4) is 0 Å². The van der Waals surface area contributed by atoms with Crippen LogP contribution in [0.25, 0.3) is 0 Å². The van der Waals surface area contributed by atoms with Crippen molar-refractivity contribution in [3.05, 3.63) is 59.7 Å². The zero-order chi connectivity index (χ0) is 24.9. The molecule has 8 heteroatoms. The van der Waals surface area contributed by atoms with Crippen molar-refractivity contribution in [1.29, 1.82) is 0 Å². The van der Waals surface area contributed by atoms with Crippen molar-refractivity contribution in [3.8, 4) is 0 Å². The topological polar surface area (TPSA) is 92.3 Å². The predicted octanol–water partition coefficient (Wildman–Crippen LogP) is 5.46. The van der Waals surface area contributed by atoms with Crippen molar-refractivity contribution in [3.63, 3.8) is 0 Å². The smallest absolute Gasteiger partial charge is 0.211 e. The molecule has 0 bridgehead atoms. The molecule has 0 saturated carbocycles. The predicted molar refractivity (Wildman–Crippen MR) is 139 cm³/mol. The maximum Gasteiger partial charge on any atom is 0.240 e. The number of rotatable bonds is 17. The minimum atomic E-state index is -3.40. The first-order valence-corrected chi connectivity index (χ1v) is 15.3. The second kappa shape index (κ2) is 14.6. The summed E-state index contributed by atoms with van der Waals surface area (Å²) in [6.45, 7) is 4.82. The molecule has 6 nitrogen and oxygen atoms in total. The van der Waals surface area contributed by atoms with E-state index in [-0.39, 0.29) is 0 Å². The van der Waals surface area contributed by atoms with Crippen molar-refractivity contribution in [2.24, 2.45) is 0 Å². The van der Waals surface area contributed by atoms with Crippen LogP contribution in [0.5, 0.6) is 0 Å². The largest absolute Gasteiger partial charge is 0.240 e. The highest BCUT2D eigenvalue weighted by atomic mass is 32.2. The number of aryl methyl sites for hydroxylation is 2. The van der Waals surface area contributed by atoms with Crippen LogP contribution in [0, 0.1) is 13.8 Å². The summed E-state index contributed by atoms with van der Waals surface area (Å²) >= 11 is 0. The summed E-state index contributed by atoms with van der Waals surface area (Å²) in [4.78, 5) is 0.642. The van der Waals surface area contributed by atoms with Crippen LogP contribution in [0.4, 0.5) is 0 Å². The standard InChI is InChI=1S/C26H40N2O4S2/c1-23-13-17-25(18-14-23)33(29,30)27-21-11-9-7-5-3-4-6-8-10-12-22-28-34(31,32)26-19-15-24(2)16-20-26/h13-20,27-28H,3-12,21-22H2,1-2H3. The molecule has 34 heavy (non-hydrogen) atoms. The van der Waals surface area contributed by atoms with Gasteiger partial charge < -0.3 is 0 Å². The van der Waals surface area contributed by atoms with Gasteiger partial charge in [0.2, 0.25) is 20.0 Å². The molecule has 0 aliphatic heterocycles. The van der Waals surface area contributed by atoms with E-state index in [1.807, 2.05) is 38.1 Å². The molecule has 0 aromatic heterocycles. The fraction of sp³-hybridized carbons (Fsp3) is 0.538. The molecule has 0 aliphatic rings. The molecule has 2 N–H and O–H groups in total. The lowest BCUT2D eigenvalue weighted by atomic mass is 10.1. The van der Waals surface area contributed by atoms with Gasteiger partial charge in [0.1, 0.15) is 0 Å². The molecule has 0 amide bonds. The van der Waals surface area contributed by atoms with Gasteiger partial charge in [-0.15, -0.1) is 0 Å². The molecule has 0 unspecified atom stereocenters. The Bertz CT molecular complexity index is 961. The number of benzene rings is 2. The van der Waals surface area contributed by atoms with E-state index >= 15 is 0 Å². The molecular formula is C26H40N2O4S2. The van der Waals surface area contributed by atoms with Gasteiger partial charge in [-0.25, -0.2) is 26.3 Å². The van der Waals surface area contributed by atoms with Gasteiger partial charge in [-0.2, -0.15) is 0 Å². The van der Waals surface area contributed by atoms with E-state index in [0.29, 0.717) is 22.9 Å². The van der Waals surface area contributed by atoms with Gasteiger partial charge in [0.25, 0.3) is 0 Å². The first kappa shape index (κ1) is 28.5. The third-order valence-electron chi connectivity index (χ3n) is 5.85. The summed E-state index contributed by atoms with van der Waals surface area (Å²) in [5.41, 5.74) is 2.08. The molecule has 0 saturated heterocycles. The zero-order valence-corrected chi connectivity index (χ0v) is 22.2. The van der Waals surface area contributed by atoms with Gasteiger partial charge in [-0.3, -0.25) is 0 Å². The second-order valence-corrected chi connectivity index (χ2v) is 12.5. The van der Waals surface area contributed by atoms with Gasteiger partial charge in [0, 0.05) is 13.1 Å². The number of unbranched alkanes of at least 4 members (excludes halogenated alkanes) is 9. The van der Waals surface area contributed by atoms with Gasteiger partial charge in [0.05, 0.1) is 9.79 Å². The molecular weight excluding hydrogens is 468 g/mol. The normalized spacial score (nSPS) is 12.2. The molecule has 0 spiro atoms. The maximum atomic E-state index is 12.2. The highest BCUT2D eigenvalue weighted by molar-refractivity contribution is 7.89. The van der Waals surface area contributed by atoms with E-state index in [0.717, 1.165) is 49.7 Å². The second-order valence-electron chi connectivity index (χ2n) is 8.96. The van der Waals surface area contributed by atoms with Gasteiger partial charge in [0.15, 0.2) is 0 Å². The molecule has 2 aromatic rings. The average molecular weight is 509 g/mol. The van der Waals surface area contributed by atoms with Crippen LogP contribution in [-0.2, 0) is 20.0 Å². The zero-order valence-electron chi connectivity index (χ0n) is 20.6. The van der Waals surface area contributed by atoms with E-state index in [1.54, 1.807) is 24.3 Å². The minimum Gasteiger partial charge on any atom is -0.211 e. The van der Waals surface area contributed by atoms with Crippen LogP contribution < -0.4 is 9.44 Å². The molecule has 0 radical (unpaired) electrons. The van der Waals surface area contributed by atoms with Gasteiger partial charge >= 0.3 is 0 Å². The fourth-order valence-corrected chi connectivity index (χ4v) is 5.83. The molecule has 0 fully saturated rings. The summed E-state index contributed by atoms with van der Waals surface area (Å²) in [7, 11) is -6.81. The lowest BCUT2D eigenvalue weighted by Gasteiger charge is -2.07. The summed E-state index contributed by atoms with van der Waals surface area (Å²) in [5, 5.41) is 0. The molecule has 2 rings (SSSR count). The highest BCUT2D eigenvalue weighted by Crippen LogP contribution is 2.13. The van der Waals surface area contributed by atoms with Crippen molar-refractivity contribution in [2.45, 2.75) is 87.8 Å². The van der Waals surface area contributed by atoms with Crippen LogP contribution in [0.1, 0.15) is 75.3 Å². The summed E-state index contributed by atoms with van der Waals surface area (Å²) in [6, 6.07) is 13.8. The van der Waals surface area contributed by atoms with Crippen molar-refractivity contribution in [2.75, 3.05) is 13.1 Å². The highest BCUT2D eigenvalue weighted by Gasteiger charge is 2.13. The number of sulfonamides is 2. The van der Waals surface area contributed by atoms with Crippen LogP contribution in [0.15, 0.2) is 58.3 Å². The Hall–Kier alpha value is -1.74. The average Bonchev–Trinajstić information content (AvgIpc) is 2.80. The van der Waals surface area contributed by atoms with E-state index < -0.39 is 20.0 Å². The first-order valence-electron chi connectivity index (χ1n) is 12.3. The number of hydrogen-bond donors (Lipinski definition) is 2. The number of hydrogen-bond acceptors (Lipinski definition) is 4. The molecule has 0 heterocycles. The summed E-state index contributed by atoms with van der Waals surface area (Å²) in [6.07, 6.45) is 10.7. The lowest BCUT2D eigenvalue weighted by molar-refractivity contribution is 0.541. The van der Waals surface area contributed by atoms with Crippen LogP contribution in [0.2, 0.25) is 0 Å². The third kappa shape index (κ3) is 10.7. The van der Waals surface area contributed by atoms with Crippen molar-refractivity contribution < 1.29 is 16.8 Å². The summed E-state index contributed by atoms with van der Waals surface area (Å²) < 4.78 is 54.3.